The minimum Gasteiger partial charge on any atom is -0.497 e. The molecule has 0 saturated carbocycles. The average molecular weight is 372 g/mol. The van der Waals surface area contributed by atoms with Crippen molar-refractivity contribution in [3.63, 3.8) is 0 Å². The maximum absolute atomic E-state index is 12.4. The number of halogens is 1. The predicted molar refractivity (Wildman–Crippen MR) is 103 cm³/mol. The molecule has 1 heterocycles. The third-order valence-corrected chi connectivity index (χ3v) is 4.37. The quantitative estimate of drug-likeness (QED) is 0.770. The summed E-state index contributed by atoms with van der Waals surface area (Å²) in [5, 5.41) is 3.49. The van der Waals surface area contributed by atoms with Crippen LogP contribution >= 0.6 is 12.4 Å². The number of nitrogens with zero attached hydrogens (tertiary/aromatic N) is 1. The molecule has 25 heavy (non-hydrogen) atoms. The van der Waals surface area contributed by atoms with Gasteiger partial charge in [0, 0.05) is 43.0 Å². The van der Waals surface area contributed by atoms with Crippen molar-refractivity contribution in [1.29, 1.82) is 0 Å². The van der Waals surface area contributed by atoms with Gasteiger partial charge >= 0.3 is 0 Å². The number of carbonyl (C=O) groups excluding carboxylic acids is 1. The first kappa shape index (κ1) is 21.4. The predicted octanol–water partition coefficient (Wildman–Crippen LogP) is 2.66. The summed E-state index contributed by atoms with van der Waals surface area (Å²) >= 11 is 0. The van der Waals surface area contributed by atoms with Gasteiger partial charge in [-0.3, -0.25) is 4.79 Å². The summed E-state index contributed by atoms with van der Waals surface area (Å²) in [5.74, 6) is 1.54. The molecule has 7 heteroatoms. The van der Waals surface area contributed by atoms with Crippen LogP contribution < -0.4 is 20.5 Å². The Balaban J connectivity index is 0.00000312. The van der Waals surface area contributed by atoms with E-state index in [1.807, 2.05) is 30.0 Å². The van der Waals surface area contributed by atoms with Crippen molar-refractivity contribution < 1.29 is 14.3 Å². The topological polar surface area (TPSA) is 76.8 Å². The summed E-state index contributed by atoms with van der Waals surface area (Å²) in [4.78, 5) is 14.3. The minimum atomic E-state index is -0.384. The number of carbonyl (C=O) groups is 1. The molecule has 2 atom stereocenters. The number of nitrogens with one attached hydrogen (secondary N) is 1. The SMILES string of the molecule is CCCC(N)C(=O)N1CCCC(Nc2cc(OC)cc(OC)c2)C1.Cl. The normalized spacial score (nSPS) is 18.1. The van der Waals surface area contributed by atoms with Gasteiger partial charge in [0.15, 0.2) is 0 Å². The Labute approximate surface area is 156 Å². The fraction of sp³-hybridized carbons (Fsp3) is 0.611. The summed E-state index contributed by atoms with van der Waals surface area (Å²) < 4.78 is 10.6. The molecule has 6 nitrogen and oxygen atoms in total. The molecule has 1 saturated heterocycles. The lowest BCUT2D eigenvalue weighted by molar-refractivity contribution is -0.133. The first-order valence-electron chi connectivity index (χ1n) is 8.61. The van der Waals surface area contributed by atoms with E-state index in [4.69, 9.17) is 15.2 Å². The first-order valence-corrected chi connectivity index (χ1v) is 8.61. The number of nitrogens with two attached hydrogens (primary N) is 1. The number of likely N-dealkylation sites (tertiary alicyclic amines) is 1. The molecule has 0 bridgehead atoms. The molecule has 1 amide bonds. The van der Waals surface area contributed by atoms with Gasteiger partial charge in [0.05, 0.1) is 20.3 Å². The van der Waals surface area contributed by atoms with Gasteiger partial charge in [0.2, 0.25) is 5.91 Å². The number of hydrogen-bond acceptors (Lipinski definition) is 5. The van der Waals surface area contributed by atoms with Crippen LogP contribution in [0.1, 0.15) is 32.6 Å². The van der Waals surface area contributed by atoms with Crippen molar-refractivity contribution in [2.75, 3.05) is 32.6 Å². The van der Waals surface area contributed by atoms with Crippen molar-refractivity contribution in [2.24, 2.45) is 5.73 Å². The molecular formula is C18H30ClN3O3. The van der Waals surface area contributed by atoms with E-state index in [0.717, 1.165) is 49.4 Å². The van der Waals surface area contributed by atoms with Crippen LogP contribution in [0.5, 0.6) is 11.5 Å². The number of piperidine rings is 1. The molecule has 2 unspecified atom stereocenters. The first-order chi connectivity index (χ1) is 11.6. The van der Waals surface area contributed by atoms with E-state index in [-0.39, 0.29) is 30.4 Å². The van der Waals surface area contributed by atoms with Gasteiger partial charge in [-0.1, -0.05) is 13.3 Å². The van der Waals surface area contributed by atoms with Crippen LogP contribution in [0.2, 0.25) is 0 Å². The van der Waals surface area contributed by atoms with Crippen LogP contribution in [0.25, 0.3) is 0 Å². The van der Waals surface area contributed by atoms with E-state index in [0.29, 0.717) is 6.54 Å². The van der Waals surface area contributed by atoms with E-state index < -0.39 is 0 Å². The van der Waals surface area contributed by atoms with E-state index in [1.54, 1.807) is 14.2 Å². The highest BCUT2D eigenvalue weighted by atomic mass is 35.5. The van der Waals surface area contributed by atoms with E-state index >= 15 is 0 Å². The number of anilines is 1. The summed E-state index contributed by atoms with van der Waals surface area (Å²) in [6, 6.07) is 5.53. The molecular weight excluding hydrogens is 342 g/mol. The Morgan fingerprint density at radius 2 is 1.96 bits per heavy atom. The zero-order valence-electron chi connectivity index (χ0n) is 15.3. The van der Waals surface area contributed by atoms with Gasteiger partial charge in [-0.15, -0.1) is 12.4 Å². The molecule has 1 aromatic rings. The Bertz CT molecular complexity index is 534. The van der Waals surface area contributed by atoms with Gasteiger partial charge < -0.3 is 25.4 Å². The molecule has 1 fully saturated rings. The van der Waals surface area contributed by atoms with Gasteiger partial charge in [-0.25, -0.2) is 0 Å². The molecule has 3 N–H and O–H groups in total. The molecule has 1 aliphatic heterocycles. The lowest BCUT2D eigenvalue weighted by Crippen LogP contribution is -2.50. The smallest absolute Gasteiger partial charge is 0.239 e. The molecule has 1 aliphatic rings. The van der Waals surface area contributed by atoms with Crippen molar-refractivity contribution in [2.45, 2.75) is 44.7 Å². The van der Waals surface area contributed by atoms with E-state index in [9.17, 15) is 4.79 Å². The zero-order chi connectivity index (χ0) is 17.5. The third kappa shape index (κ3) is 5.97. The van der Waals surface area contributed by atoms with Crippen molar-refractivity contribution in [3.8, 4) is 11.5 Å². The van der Waals surface area contributed by atoms with Gasteiger partial charge in [-0.2, -0.15) is 0 Å². The van der Waals surface area contributed by atoms with Crippen molar-refractivity contribution in [3.05, 3.63) is 18.2 Å². The Kier molecular flexibility index (Phi) is 8.86. The molecule has 0 aromatic heterocycles. The molecule has 0 aliphatic carbocycles. The maximum atomic E-state index is 12.4. The van der Waals surface area contributed by atoms with E-state index in [2.05, 4.69) is 5.32 Å². The van der Waals surface area contributed by atoms with Crippen molar-refractivity contribution in [1.82, 2.24) is 4.90 Å². The number of benzene rings is 1. The monoisotopic (exact) mass is 371 g/mol. The molecule has 1 aromatic carbocycles. The van der Waals surface area contributed by atoms with Crippen LogP contribution in [-0.4, -0.2) is 50.2 Å². The Morgan fingerprint density at radius 3 is 2.52 bits per heavy atom. The number of methoxy groups -OCH3 is 2. The summed E-state index contributed by atoms with van der Waals surface area (Å²) in [6.45, 7) is 3.51. The fourth-order valence-electron chi connectivity index (χ4n) is 3.09. The lowest BCUT2D eigenvalue weighted by atomic mass is 10.0. The molecule has 2 rings (SSSR count). The Morgan fingerprint density at radius 1 is 1.32 bits per heavy atom. The van der Waals surface area contributed by atoms with Crippen LogP contribution in [0.3, 0.4) is 0 Å². The van der Waals surface area contributed by atoms with Crippen LogP contribution in [0.15, 0.2) is 18.2 Å². The van der Waals surface area contributed by atoms with Crippen LogP contribution in [-0.2, 0) is 4.79 Å². The number of rotatable bonds is 7. The largest absolute Gasteiger partial charge is 0.497 e. The highest BCUT2D eigenvalue weighted by molar-refractivity contribution is 5.85. The summed E-state index contributed by atoms with van der Waals surface area (Å²) in [6.07, 6.45) is 3.65. The number of hydrogen-bond donors (Lipinski definition) is 2. The second-order valence-corrected chi connectivity index (χ2v) is 6.26. The Hall–Kier alpha value is -1.66. The fourth-order valence-corrected chi connectivity index (χ4v) is 3.09. The third-order valence-electron chi connectivity index (χ3n) is 4.37. The molecule has 142 valence electrons. The molecule has 0 radical (unpaired) electrons. The average Bonchev–Trinajstić information content (AvgIpc) is 2.61. The minimum absolute atomic E-state index is 0. The zero-order valence-corrected chi connectivity index (χ0v) is 16.1. The summed E-state index contributed by atoms with van der Waals surface area (Å²) in [5.41, 5.74) is 6.92. The van der Waals surface area contributed by atoms with Gasteiger partial charge in [0.25, 0.3) is 0 Å². The standard InChI is InChI=1S/C18H29N3O3.ClH/c1-4-6-17(19)18(22)21-8-5-7-13(12-21)20-14-9-15(23-2)11-16(10-14)24-3;/h9-11,13,17,20H,4-8,12,19H2,1-3H3;1H. The van der Waals surface area contributed by atoms with Crippen molar-refractivity contribution >= 4 is 24.0 Å². The molecule has 0 spiro atoms. The van der Waals surface area contributed by atoms with Gasteiger partial charge in [-0.05, 0) is 19.3 Å². The second kappa shape index (κ2) is 10.4. The van der Waals surface area contributed by atoms with Crippen LogP contribution in [0, 0.1) is 0 Å². The maximum Gasteiger partial charge on any atom is 0.239 e. The highest BCUT2D eigenvalue weighted by Crippen LogP contribution is 2.27. The summed E-state index contributed by atoms with van der Waals surface area (Å²) in [7, 11) is 3.27. The second-order valence-electron chi connectivity index (χ2n) is 6.26. The van der Waals surface area contributed by atoms with Gasteiger partial charge in [0.1, 0.15) is 11.5 Å². The van der Waals surface area contributed by atoms with E-state index in [1.165, 1.54) is 0 Å². The van der Waals surface area contributed by atoms with Crippen LogP contribution in [0.4, 0.5) is 5.69 Å². The lowest BCUT2D eigenvalue weighted by Gasteiger charge is -2.35. The number of ether oxygens (including phenoxy) is 2. The number of amides is 1. The highest BCUT2D eigenvalue weighted by Gasteiger charge is 2.26.